The predicted molar refractivity (Wildman–Crippen MR) is 69.5 cm³/mol. The van der Waals surface area contributed by atoms with Crippen LogP contribution in [0.4, 0.5) is 10.5 Å². The van der Waals surface area contributed by atoms with Gasteiger partial charge in [-0.25, -0.2) is 4.79 Å². The highest BCUT2D eigenvalue weighted by molar-refractivity contribution is 5.89. The zero-order valence-corrected chi connectivity index (χ0v) is 10.7. The van der Waals surface area contributed by atoms with Gasteiger partial charge in [0.2, 0.25) is 0 Å². The monoisotopic (exact) mass is 250 g/mol. The fourth-order valence-electron chi connectivity index (χ4n) is 1.36. The van der Waals surface area contributed by atoms with Crippen molar-refractivity contribution in [3.8, 4) is 0 Å². The van der Waals surface area contributed by atoms with Crippen LogP contribution in [0.25, 0.3) is 0 Å². The number of anilines is 1. The van der Waals surface area contributed by atoms with Crippen molar-refractivity contribution in [1.82, 2.24) is 5.32 Å². The average molecular weight is 250 g/mol. The smallest absolute Gasteiger partial charge is 0.319 e. The Hall–Kier alpha value is -2.04. The van der Waals surface area contributed by atoms with Crippen LogP contribution in [-0.2, 0) is 16.0 Å². The molecule has 5 heteroatoms. The maximum atomic E-state index is 11.4. The van der Waals surface area contributed by atoms with Gasteiger partial charge in [-0.3, -0.25) is 4.79 Å². The Kier molecular flexibility index (Phi) is 5.70. The van der Waals surface area contributed by atoms with Gasteiger partial charge in [-0.05, 0) is 24.1 Å². The second kappa shape index (κ2) is 7.32. The van der Waals surface area contributed by atoms with E-state index in [-0.39, 0.29) is 18.4 Å². The summed E-state index contributed by atoms with van der Waals surface area (Å²) in [6.07, 6.45) is 1.13. The molecule has 98 valence electrons. The van der Waals surface area contributed by atoms with Gasteiger partial charge in [-0.2, -0.15) is 0 Å². The third kappa shape index (κ3) is 4.86. The van der Waals surface area contributed by atoms with E-state index in [1.807, 2.05) is 6.92 Å². The maximum Gasteiger partial charge on any atom is 0.319 e. The number of carbonyl (C=O) groups is 2. The fraction of sp³-hybridized carbons (Fsp3) is 0.385. The van der Waals surface area contributed by atoms with Crippen molar-refractivity contribution in [2.24, 2.45) is 0 Å². The van der Waals surface area contributed by atoms with E-state index < -0.39 is 0 Å². The molecule has 0 aliphatic heterocycles. The molecule has 0 heterocycles. The van der Waals surface area contributed by atoms with Crippen LogP contribution in [-0.4, -0.2) is 25.7 Å². The Morgan fingerprint density at radius 3 is 2.44 bits per heavy atom. The van der Waals surface area contributed by atoms with Gasteiger partial charge in [-0.1, -0.05) is 19.1 Å². The van der Waals surface area contributed by atoms with Crippen LogP contribution in [0.15, 0.2) is 24.3 Å². The highest BCUT2D eigenvalue weighted by atomic mass is 16.5. The highest BCUT2D eigenvalue weighted by Crippen LogP contribution is 2.10. The molecule has 1 aromatic carbocycles. The van der Waals surface area contributed by atoms with Gasteiger partial charge in [0.25, 0.3) is 0 Å². The first-order valence-electron chi connectivity index (χ1n) is 5.86. The van der Waals surface area contributed by atoms with E-state index in [1.54, 1.807) is 24.3 Å². The lowest BCUT2D eigenvalue weighted by molar-refractivity contribution is -0.139. The standard InChI is InChI=1S/C13H18N2O3/c1-3-8-14-13(17)15-11-6-4-10(5-7-11)9-12(16)18-2/h4-7H,3,8-9H2,1-2H3,(H2,14,15,17). The topological polar surface area (TPSA) is 67.4 Å². The van der Waals surface area contributed by atoms with Gasteiger partial charge >= 0.3 is 12.0 Å². The number of rotatable bonds is 5. The summed E-state index contributed by atoms with van der Waals surface area (Å²) < 4.78 is 4.57. The lowest BCUT2D eigenvalue weighted by atomic mass is 10.1. The Morgan fingerprint density at radius 1 is 1.22 bits per heavy atom. The summed E-state index contributed by atoms with van der Waals surface area (Å²) in [5, 5.41) is 5.42. The Bertz CT molecular complexity index is 401. The molecule has 18 heavy (non-hydrogen) atoms. The van der Waals surface area contributed by atoms with Crippen LogP contribution in [0.1, 0.15) is 18.9 Å². The molecular weight excluding hydrogens is 232 g/mol. The first kappa shape index (κ1) is 14.0. The number of urea groups is 1. The molecule has 0 spiro atoms. The molecule has 0 aliphatic carbocycles. The van der Waals surface area contributed by atoms with Crippen molar-refractivity contribution < 1.29 is 14.3 Å². The first-order valence-corrected chi connectivity index (χ1v) is 5.86. The number of amides is 2. The largest absolute Gasteiger partial charge is 0.469 e. The van der Waals surface area contributed by atoms with Gasteiger partial charge in [0.15, 0.2) is 0 Å². The molecule has 5 nitrogen and oxygen atoms in total. The Labute approximate surface area is 107 Å². The van der Waals surface area contributed by atoms with Crippen LogP contribution in [0.3, 0.4) is 0 Å². The van der Waals surface area contributed by atoms with Gasteiger partial charge in [0, 0.05) is 12.2 Å². The summed E-state index contributed by atoms with van der Waals surface area (Å²) in [4.78, 5) is 22.4. The number of nitrogens with one attached hydrogen (secondary N) is 2. The van der Waals surface area contributed by atoms with E-state index in [1.165, 1.54) is 7.11 Å². The molecular formula is C13H18N2O3. The zero-order valence-electron chi connectivity index (χ0n) is 10.7. The summed E-state index contributed by atoms with van der Waals surface area (Å²) >= 11 is 0. The van der Waals surface area contributed by atoms with Crippen molar-refractivity contribution in [1.29, 1.82) is 0 Å². The van der Waals surface area contributed by atoms with Crippen LogP contribution in [0.5, 0.6) is 0 Å². The molecule has 0 saturated heterocycles. The number of ether oxygens (including phenoxy) is 1. The molecule has 0 saturated carbocycles. The van der Waals surface area contributed by atoms with Gasteiger partial charge in [0.05, 0.1) is 13.5 Å². The number of carbonyl (C=O) groups excluding carboxylic acids is 2. The van der Waals surface area contributed by atoms with E-state index in [0.29, 0.717) is 12.2 Å². The summed E-state index contributed by atoms with van der Waals surface area (Å²) in [5.41, 5.74) is 1.54. The normalized spacial score (nSPS) is 9.67. The minimum atomic E-state index is -0.281. The molecule has 0 radical (unpaired) electrons. The van der Waals surface area contributed by atoms with Crippen molar-refractivity contribution in [3.63, 3.8) is 0 Å². The van der Waals surface area contributed by atoms with Gasteiger partial charge in [-0.15, -0.1) is 0 Å². The van der Waals surface area contributed by atoms with E-state index in [4.69, 9.17) is 0 Å². The number of benzene rings is 1. The minimum Gasteiger partial charge on any atom is -0.469 e. The molecule has 0 bridgehead atoms. The molecule has 0 fully saturated rings. The van der Waals surface area contributed by atoms with Crippen LogP contribution >= 0.6 is 0 Å². The van der Waals surface area contributed by atoms with Crippen molar-refractivity contribution in [2.75, 3.05) is 19.0 Å². The Balaban J connectivity index is 2.49. The summed E-state index contributed by atoms with van der Waals surface area (Å²) in [6.45, 7) is 2.63. The molecule has 0 atom stereocenters. The molecule has 1 rings (SSSR count). The highest BCUT2D eigenvalue weighted by Gasteiger charge is 2.04. The third-order valence-corrected chi connectivity index (χ3v) is 2.32. The summed E-state index contributed by atoms with van der Waals surface area (Å²) in [5.74, 6) is -0.281. The Morgan fingerprint density at radius 2 is 1.89 bits per heavy atom. The van der Waals surface area contributed by atoms with Crippen molar-refractivity contribution >= 4 is 17.7 Å². The number of esters is 1. The SMILES string of the molecule is CCCNC(=O)Nc1ccc(CC(=O)OC)cc1. The minimum absolute atomic E-state index is 0.224. The molecule has 0 unspecified atom stereocenters. The van der Waals surface area contributed by atoms with Crippen molar-refractivity contribution in [3.05, 3.63) is 29.8 Å². The molecule has 0 aromatic heterocycles. The molecule has 0 aliphatic rings. The summed E-state index contributed by atoms with van der Waals surface area (Å²) in [6, 6.07) is 6.85. The predicted octanol–water partition coefficient (Wildman–Crippen LogP) is 1.93. The van der Waals surface area contributed by atoms with Crippen LogP contribution in [0.2, 0.25) is 0 Å². The zero-order chi connectivity index (χ0) is 13.4. The molecule has 1 aromatic rings. The fourth-order valence-corrected chi connectivity index (χ4v) is 1.36. The van der Waals surface area contributed by atoms with Gasteiger partial charge in [0.1, 0.15) is 0 Å². The molecule has 2 N–H and O–H groups in total. The number of hydrogen-bond acceptors (Lipinski definition) is 3. The average Bonchev–Trinajstić information content (AvgIpc) is 2.38. The van der Waals surface area contributed by atoms with Crippen LogP contribution in [0, 0.1) is 0 Å². The summed E-state index contributed by atoms with van der Waals surface area (Å²) in [7, 11) is 1.36. The second-order valence-corrected chi connectivity index (χ2v) is 3.83. The quantitative estimate of drug-likeness (QED) is 0.785. The number of methoxy groups -OCH3 is 1. The molecule has 2 amide bonds. The van der Waals surface area contributed by atoms with Gasteiger partial charge < -0.3 is 15.4 Å². The lowest BCUT2D eigenvalue weighted by Crippen LogP contribution is -2.29. The van der Waals surface area contributed by atoms with E-state index in [2.05, 4.69) is 15.4 Å². The lowest BCUT2D eigenvalue weighted by Gasteiger charge is -2.07. The van der Waals surface area contributed by atoms with E-state index >= 15 is 0 Å². The maximum absolute atomic E-state index is 11.4. The van der Waals surface area contributed by atoms with E-state index in [0.717, 1.165) is 12.0 Å². The number of hydrogen-bond donors (Lipinski definition) is 2. The van der Waals surface area contributed by atoms with Crippen LogP contribution < -0.4 is 10.6 Å². The first-order chi connectivity index (χ1) is 8.65. The second-order valence-electron chi connectivity index (χ2n) is 3.83. The van der Waals surface area contributed by atoms with E-state index in [9.17, 15) is 9.59 Å². The third-order valence-electron chi connectivity index (χ3n) is 2.32. The van der Waals surface area contributed by atoms with Crippen molar-refractivity contribution in [2.45, 2.75) is 19.8 Å².